The molecule has 2 N–H and O–H groups in total. The van der Waals surface area contributed by atoms with E-state index in [-0.39, 0.29) is 18.3 Å². The number of methoxy groups -OCH3 is 1. The molecule has 0 unspecified atom stereocenters. The lowest BCUT2D eigenvalue weighted by Crippen LogP contribution is -2.23. The number of carbonyl (C=O) groups excluding carboxylic acids is 2. The van der Waals surface area contributed by atoms with Crippen LogP contribution in [-0.2, 0) is 9.59 Å². The van der Waals surface area contributed by atoms with Crippen LogP contribution in [0, 0.1) is 5.82 Å². The van der Waals surface area contributed by atoms with E-state index in [0.29, 0.717) is 17.3 Å². The molecule has 0 saturated carbocycles. The van der Waals surface area contributed by atoms with E-state index in [9.17, 15) is 14.0 Å². The molecule has 142 valence electrons. The number of aromatic nitrogens is 3. The minimum Gasteiger partial charge on any atom is -0.497 e. The van der Waals surface area contributed by atoms with E-state index in [1.807, 2.05) is 0 Å². The van der Waals surface area contributed by atoms with Crippen molar-refractivity contribution in [3.8, 4) is 17.1 Å². The molecule has 2 amide bonds. The fourth-order valence-electron chi connectivity index (χ4n) is 2.93. The van der Waals surface area contributed by atoms with E-state index in [1.54, 1.807) is 37.4 Å². The topological polar surface area (TPSA) is 98.1 Å². The van der Waals surface area contributed by atoms with Crippen LogP contribution in [-0.4, -0.2) is 33.7 Å². The molecule has 0 saturated heterocycles. The molecule has 3 aromatic rings. The highest BCUT2D eigenvalue weighted by molar-refractivity contribution is 6.01. The van der Waals surface area contributed by atoms with Gasteiger partial charge in [0.2, 0.25) is 11.9 Å². The van der Waals surface area contributed by atoms with Gasteiger partial charge in [-0.2, -0.15) is 4.98 Å². The van der Waals surface area contributed by atoms with Crippen LogP contribution in [0.5, 0.6) is 5.75 Å². The zero-order chi connectivity index (χ0) is 19.7. The molecule has 4 rings (SSSR count). The number of halogens is 1. The molecule has 0 fully saturated rings. The van der Waals surface area contributed by atoms with Crippen molar-refractivity contribution in [1.29, 1.82) is 0 Å². The van der Waals surface area contributed by atoms with Crippen LogP contribution >= 0.6 is 0 Å². The Labute approximate surface area is 159 Å². The first-order valence-corrected chi connectivity index (χ1v) is 8.51. The smallest absolute Gasteiger partial charge is 0.252 e. The van der Waals surface area contributed by atoms with Gasteiger partial charge >= 0.3 is 0 Å². The summed E-state index contributed by atoms with van der Waals surface area (Å²) in [7, 11) is 1.58. The third kappa shape index (κ3) is 3.41. The Bertz CT molecular complexity index is 1050. The van der Waals surface area contributed by atoms with Crippen LogP contribution in [0.3, 0.4) is 0 Å². The molecule has 8 nitrogen and oxygen atoms in total. The number of anilines is 2. The molecule has 9 heteroatoms. The predicted octanol–water partition coefficient (Wildman–Crippen LogP) is 2.61. The summed E-state index contributed by atoms with van der Waals surface area (Å²) >= 11 is 0. The largest absolute Gasteiger partial charge is 0.497 e. The van der Waals surface area contributed by atoms with Gasteiger partial charge in [0.15, 0.2) is 5.82 Å². The molecule has 2 aromatic carbocycles. The summed E-state index contributed by atoms with van der Waals surface area (Å²) < 4.78 is 19.8. The average molecular weight is 381 g/mol. The fourth-order valence-corrected chi connectivity index (χ4v) is 2.93. The van der Waals surface area contributed by atoms with Gasteiger partial charge in [0.1, 0.15) is 17.6 Å². The second kappa shape index (κ2) is 7.10. The van der Waals surface area contributed by atoms with Gasteiger partial charge in [-0.1, -0.05) is 6.07 Å². The van der Waals surface area contributed by atoms with Gasteiger partial charge in [-0.15, -0.1) is 5.10 Å². The molecule has 1 aliphatic heterocycles. The van der Waals surface area contributed by atoms with Gasteiger partial charge in [0.25, 0.3) is 5.91 Å². The Morgan fingerprint density at radius 3 is 2.79 bits per heavy atom. The molecular weight excluding hydrogens is 365 g/mol. The van der Waals surface area contributed by atoms with Gasteiger partial charge in [-0.25, -0.2) is 9.07 Å². The standard InChI is InChI=1S/C19H16FN5O3/c1-28-14-7-5-11(6-8-14)17-22-19-23-18(27)15(25(19)24-17)10-16(26)21-13-4-2-3-12(20)9-13/h2-9,15H,10H2,1H3,(H,21,26)(H,22,23,24,27)/t15-/m0/s1. The quantitative estimate of drug-likeness (QED) is 0.708. The SMILES string of the molecule is COc1ccc(-c2nc3n(n2)[C@@H](CC(=O)Nc2cccc(F)c2)C(=O)N3)cc1. The van der Waals surface area contributed by atoms with Crippen molar-refractivity contribution in [3.05, 3.63) is 54.3 Å². The summed E-state index contributed by atoms with van der Waals surface area (Å²) in [4.78, 5) is 28.8. The Morgan fingerprint density at radius 2 is 2.07 bits per heavy atom. The highest BCUT2D eigenvalue weighted by atomic mass is 19.1. The van der Waals surface area contributed by atoms with Crippen molar-refractivity contribution in [1.82, 2.24) is 14.8 Å². The first-order chi connectivity index (χ1) is 13.5. The summed E-state index contributed by atoms with van der Waals surface area (Å²) in [5.74, 6) is 0.146. The van der Waals surface area contributed by atoms with Gasteiger partial charge < -0.3 is 10.1 Å². The van der Waals surface area contributed by atoms with Crippen molar-refractivity contribution in [2.24, 2.45) is 0 Å². The summed E-state index contributed by atoms with van der Waals surface area (Å²) in [5, 5.41) is 9.57. The second-order valence-electron chi connectivity index (χ2n) is 6.20. The first kappa shape index (κ1) is 17.7. The number of carbonyl (C=O) groups is 2. The first-order valence-electron chi connectivity index (χ1n) is 8.51. The molecule has 0 aliphatic carbocycles. The van der Waals surface area contributed by atoms with Crippen LogP contribution in [0.2, 0.25) is 0 Å². The normalized spacial score (nSPS) is 15.1. The lowest BCUT2D eigenvalue weighted by Gasteiger charge is -2.10. The Hall–Kier alpha value is -3.75. The summed E-state index contributed by atoms with van der Waals surface area (Å²) in [5.41, 5.74) is 1.07. The Kier molecular flexibility index (Phi) is 4.48. The van der Waals surface area contributed by atoms with E-state index in [0.717, 1.165) is 5.56 Å². The number of ether oxygens (including phenoxy) is 1. The van der Waals surface area contributed by atoms with E-state index < -0.39 is 17.8 Å². The van der Waals surface area contributed by atoms with Gasteiger partial charge in [-0.05, 0) is 42.5 Å². The number of fused-ring (bicyclic) bond motifs is 1. The summed E-state index contributed by atoms with van der Waals surface area (Å²) in [6, 6.07) is 11.9. The second-order valence-corrected chi connectivity index (χ2v) is 6.20. The highest BCUT2D eigenvalue weighted by Gasteiger charge is 2.35. The van der Waals surface area contributed by atoms with Crippen LogP contribution < -0.4 is 15.4 Å². The monoisotopic (exact) mass is 381 g/mol. The average Bonchev–Trinajstić information content (AvgIpc) is 3.20. The van der Waals surface area contributed by atoms with Crippen molar-refractivity contribution in [2.75, 3.05) is 17.7 Å². The third-order valence-corrected chi connectivity index (χ3v) is 4.30. The maximum Gasteiger partial charge on any atom is 0.252 e. The van der Waals surface area contributed by atoms with Crippen molar-refractivity contribution in [2.45, 2.75) is 12.5 Å². The zero-order valence-electron chi connectivity index (χ0n) is 14.8. The fraction of sp³-hybridized carbons (Fsp3) is 0.158. The molecule has 0 radical (unpaired) electrons. The van der Waals surface area contributed by atoms with Gasteiger partial charge in [0.05, 0.1) is 13.5 Å². The molecule has 1 aliphatic rings. The lowest BCUT2D eigenvalue weighted by molar-refractivity contribution is -0.123. The lowest BCUT2D eigenvalue weighted by atomic mass is 10.2. The number of amides is 2. The van der Waals surface area contributed by atoms with E-state index >= 15 is 0 Å². The van der Waals surface area contributed by atoms with Crippen LogP contribution in [0.15, 0.2) is 48.5 Å². The molecule has 1 aromatic heterocycles. The number of benzene rings is 2. The van der Waals surface area contributed by atoms with E-state index in [1.165, 1.54) is 22.9 Å². The third-order valence-electron chi connectivity index (χ3n) is 4.30. The van der Waals surface area contributed by atoms with Gasteiger partial charge in [0, 0.05) is 11.3 Å². The minimum atomic E-state index is -0.831. The molecule has 2 heterocycles. The number of hydrogen-bond acceptors (Lipinski definition) is 5. The number of hydrogen-bond donors (Lipinski definition) is 2. The predicted molar refractivity (Wildman–Crippen MR) is 99.3 cm³/mol. The maximum atomic E-state index is 13.2. The zero-order valence-corrected chi connectivity index (χ0v) is 14.8. The summed E-state index contributed by atoms with van der Waals surface area (Å²) in [6.45, 7) is 0. The van der Waals surface area contributed by atoms with Crippen molar-refractivity contribution >= 4 is 23.5 Å². The summed E-state index contributed by atoms with van der Waals surface area (Å²) in [6.07, 6.45) is -0.152. The van der Waals surface area contributed by atoms with Crippen LogP contribution in [0.25, 0.3) is 11.4 Å². The molecule has 0 bridgehead atoms. The van der Waals surface area contributed by atoms with Crippen molar-refractivity contribution < 1.29 is 18.7 Å². The van der Waals surface area contributed by atoms with Crippen LogP contribution in [0.4, 0.5) is 16.0 Å². The van der Waals surface area contributed by atoms with Crippen molar-refractivity contribution in [3.63, 3.8) is 0 Å². The van der Waals surface area contributed by atoms with E-state index in [4.69, 9.17) is 4.74 Å². The highest BCUT2D eigenvalue weighted by Crippen LogP contribution is 2.29. The van der Waals surface area contributed by atoms with Crippen LogP contribution in [0.1, 0.15) is 12.5 Å². The molecule has 0 spiro atoms. The molecular formula is C19H16FN5O3. The minimum absolute atomic E-state index is 0.152. The number of nitrogens with one attached hydrogen (secondary N) is 2. The Morgan fingerprint density at radius 1 is 1.29 bits per heavy atom. The Balaban J connectivity index is 1.51. The van der Waals surface area contributed by atoms with Gasteiger partial charge in [-0.3, -0.25) is 14.9 Å². The molecule has 28 heavy (non-hydrogen) atoms. The number of nitrogens with zero attached hydrogens (tertiary/aromatic N) is 3. The number of rotatable bonds is 5. The van der Waals surface area contributed by atoms with E-state index in [2.05, 4.69) is 20.7 Å². The molecule has 1 atom stereocenters. The maximum absolute atomic E-state index is 13.2.